The molecule has 162 valence electrons. The summed E-state index contributed by atoms with van der Waals surface area (Å²) < 4.78 is 42.5. The first-order valence-electron chi connectivity index (χ1n) is 9.33. The lowest BCUT2D eigenvalue weighted by Gasteiger charge is -2.24. The first kappa shape index (κ1) is 22.5. The van der Waals surface area contributed by atoms with Gasteiger partial charge >= 0.3 is 0 Å². The predicted octanol–water partition coefficient (Wildman–Crippen LogP) is 4.65. The monoisotopic (exact) mass is 451 g/mol. The fourth-order valence-electron chi connectivity index (χ4n) is 3.48. The zero-order valence-electron chi connectivity index (χ0n) is 16.3. The third kappa shape index (κ3) is 5.32. The molecule has 4 atom stereocenters. The molecule has 0 aromatic carbocycles. The quantitative estimate of drug-likeness (QED) is 0.244. The standard InChI is InChI=1S/C17H24ClF2N5O3S/c1-4-5-29-16-23-14(18)11(25-21)15(24-16)22-8-6-9(26-7-10(19)20)13-12(8)27-17(2,3)28-13/h8-10,12-13,21H,4-7H2,1-3H3,(H,22,23,24). The molecule has 8 nitrogen and oxygen atoms in total. The molecule has 0 spiro atoms. The summed E-state index contributed by atoms with van der Waals surface area (Å²) in [6, 6.07) is -0.347. The third-order valence-electron chi connectivity index (χ3n) is 4.54. The summed E-state index contributed by atoms with van der Waals surface area (Å²) >= 11 is 7.63. The number of hydrogen-bond acceptors (Lipinski definition) is 9. The van der Waals surface area contributed by atoms with Gasteiger partial charge in [-0.15, -0.1) is 0 Å². The molecule has 3 rings (SSSR count). The lowest BCUT2D eigenvalue weighted by Crippen LogP contribution is -2.35. The van der Waals surface area contributed by atoms with E-state index in [-0.39, 0.29) is 16.9 Å². The summed E-state index contributed by atoms with van der Waals surface area (Å²) in [4.78, 5) is 8.61. The van der Waals surface area contributed by atoms with E-state index in [0.717, 1.165) is 12.2 Å². The van der Waals surface area contributed by atoms with Crippen molar-refractivity contribution in [1.82, 2.24) is 9.97 Å². The fourth-order valence-corrected chi connectivity index (χ4v) is 4.44. The van der Waals surface area contributed by atoms with Crippen molar-refractivity contribution in [2.45, 2.75) is 75.3 Å². The van der Waals surface area contributed by atoms with Gasteiger partial charge in [-0.2, -0.15) is 5.11 Å². The average molecular weight is 452 g/mol. The van der Waals surface area contributed by atoms with E-state index in [0.29, 0.717) is 17.4 Å². The van der Waals surface area contributed by atoms with Crippen LogP contribution in [0.1, 0.15) is 33.6 Å². The highest BCUT2D eigenvalue weighted by molar-refractivity contribution is 7.99. The highest BCUT2D eigenvalue weighted by Gasteiger charge is 2.55. The maximum absolute atomic E-state index is 12.6. The van der Waals surface area contributed by atoms with Crippen molar-refractivity contribution in [3.05, 3.63) is 5.15 Å². The molecule has 2 aliphatic rings. The van der Waals surface area contributed by atoms with Crippen LogP contribution in [0.5, 0.6) is 0 Å². The van der Waals surface area contributed by atoms with E-state index in [1.54, 1.807) is 13.8 Å². The number of anilines is 1. The number of aromatic nitrogens is 2. The van der Waals surface area contributed by atoms with Gasteiger partial charge in [-0.3, -0.25) is 0 Å². The Morgan fingerprint density at radius 3 is 2.76 bits per heavy atom. The van der Waals surface area contributed by atoms with E-state index in [4.69, 9.17) is 31.3 Å². The molecule has 1 aromatic heterocycles. The Kier molecular flexibility index (Phi) is 7.26. The van der Waals surface area contributed by atoms with Crippen molar-refractivity contribution in [2.24, 2.45) is 5.11 Å². The van der Waals surface area contributed by atoms with Gasteiger partial charge in [0.15, 0.2) is 27.6 Å². The van der Waals surface area contributed by atoms with Crippen LogP contribution in [0.15, 0.2) is 10.3 Å². The summed E-state index contributed by atoms with van der Waals surface area (Å²) in [7, 11) is 0. The number of thioether (sulfide) groups is 1. The van der Waals surface area contributed by atoms with Gasteiger partial charge in [0.2, 0.25) is 0 Å². The average Bonchev–Trinajstić information content (AvgIpc) is 3.12. The summed E-state index contributed by atoms with van der Waals surface area (Å²) in [6.07, 6.45) is -2.75. The molecule has 4 unspecified atom stereocenters. The van der Waals surface area contributed by atoms with E-state index in [1.807, 2.05) is 6.92 Å². The van der Waals surface area contributed by atoms with Gasteiger partial charge < -0.3 is 19.5 Å². The van der Waals surface area contributed by atoms with E-state index in [1.165, 1.54) is 11.8 Å². The SMILES string of the molecule is CCCSc1nc(Cl)c(N=N)c(NC2CC(OCC(F)F)C3OC(C)(C)OC23)n1. The topological polar surface area (TPSA) is 102 Å². The minimum Gasteiger partial charge on any atom is -0.369 e. The molecule has 1 aliphatic carbocycles. The van der Waals surface area contributed by atoms with Crippen molar-refractivity contribution in [3.8, 4) is 0 Å². The highest BCUT2D eigenvalue weighted by Crippen LogP contribution is 2.42. The summed E-state index contributed by atoms with van der Waals surface area (Å²) in [5.74, 6) is 0.247. The van der Waals surface area contributed by atoms with Crippen molar-refractivity contribution < 1.29 is 23.0 Å². The van der Waals surface area contributed by atoms with Crippen LogP contribution in [0.2, 0.25) is 5.15 Å². The number of fused-ring (bicyclic) bond motifs is 1. The number of alkyl halides is 2. The Hall–Kier alpha value is -1.14. The Morgan fingerprint density at radius 1 is 1.38 bits per heavy atom. The van der Waals surface area contributed by atoms with Crippen LogP contribution in [-0.2, 0) is 14.2 Å². The number of halogens is 3. The number of ether oxygens (including phenoxy) is 3. The second kappa shape index (κ2) is 9.34. The number of nitrogens with one attached hydrogen (secondary N) is 2. The molecule has 0 bridgehead atoms. The van der Waals surface area contributed by atoms with Crippen molar-refractivity contribution in [3.63, 3.8) is 0 Å². The lowest BCUT2D eigenvalue weighted by atomic mass is 10.2. The Bertz CT molecular complexity index is 745. The molecule has 2 N–H and O–H groups in total. The van der Waals surface area contributed by atoms with Gasteiger partial charge in [0.05, 0.1) is 12.1 Å². The van der Waals surface area contributed by atoms with E-state index >= 15 is 0 Å². The van der Waals surface area contributed by atoms with E-state index in [2.05, 4.69) is 20.4 Å². The minimum atomic E-state index is -2.57. The molecule has 1 aliphatic heterocycles. The fraction of sp³-hybridized carbons (Fsp3) is 0.765. The first-order chi connectivity index (χ1) is 13.7. The molecule has 29 heavy (non-hydrogen) atoms. The van der Waals surface area contributed by atoms with Crippen LogP contribution in [-0.4, -0.2) is 58.9 Å². The minimum absolute atomic E-state index is 0.0695. The Labute approximate surface area is 176 Å². The van der Waals surface area contributed by atoms with Gasteiger partial charge in [-0.1, -0.05) is 30.3 Å². The number of rotatable bonds is 9. The number of hydrogen-bond donors (Lipinski definition) is 2. The highest BCUT2D eigenvalue weighted by atomic mass is 35.5. The summed E-state index contributed by atoms with van der Waals surface area (Å²) in [5.41, 5.74) is 7.53. The van der Waals surface area contributed by atoms with Gasteiger partial charge in [0.1, 0.15) is 18.8 Å². The van der Waals surface area contributed by atoms with Crippen LogP contribution in [0.4, 0.5) is 20.3 Å². The molecule has 12 heteroatoms. The lowest BCUT2D eigenvalue weighted by molar-refractivity contribution is -0.170. The normalized spacial score (nSPS) is 28.0. The summed E-state index contributed by atoms with van der Waals surface area (Å²) in [5, 5.41) is 7.19. The predicted molar refractivity (Wildman–Crippen MR) is 104 cm³/mol. The zero-order valence-corrected chi connectivity index (χ0v) is 17.9. The van der Waals surface area contributed by atoms with Crippen LogP contribution >= 0.6 is 23.4 Å². The van der Waals surface area contributed by atoms with Gasteiger partial charge in [-0.25, -0.2) is 24.3 Å². The molecule has 2 fully saturated rings. The van der Waals surface area contributed by atoms with Crippen LogP contribution in [0, 0.1) is 5.53 Å². The second-order valence-corrected chi connectivity index (χ2v) is 8.69. The molecule has 1 saturated heterocycles. The van der Waals surface area contributed by atoms with Gasteiger partial charge in [0.25, 0.3) is 6.43 Å². The van der Waals surface area contributed by atoms with E-state index < -0.39 is 37.1 Å². The van der Waals surface area contributed by atoms with E-state index in [9.17, 15) is 8.78 Å². The first-order valence-corrected chi connectivity index (χ1v) is 10.7. The molecule has 2 heterocycles. The zero-order chi connectivity index (χ0) is 21.2. The molecular formula is C17H24ClF2N5O3S. The maximum Gasteiger partial charge on any atom is 0.261 e. The van der Waals surface area contributed by atoms with Crippen LogP contribution in [0.25, 0.3) is 0 Å². The molecule has 0 radical (unpaired) electrons. The molecule has 1 saturated carbocycles. The second-order valence-electron chi connectivity index (χ2n) is 7.27. The van der Waals surface area contributed by atoms with Crippen LogP contribution < -0.4 is 5.32 Å². The smallest absolute Gasteiger partial charge is 0.261 e. The molecular weight excluding hydrogens is 428 g/mol. The molecule has 0 amide bonds. The number of nitrogens with zero attached hydrogens (tertiary/aromatic N) is 3. The van der Waals surface area contributed by atoms with Crippen molar-refractivity contribution in [2.75, 3.05) is 17.7 Å². The largest absolute Gasteiger partial charge is 0.369 e. The maximum atomic E-state index is 12.6. The van der Waals surface area contributed by atoms with Gasteiger partial charge in [-0.05, 0) is 26.7 Å². The van der Waals surface area contributed by atoms with Crippen molar-refractivity contribution >= 4 is 34.9 Å². The van der Waals surface area contributed by atoms with Gasteiger partial charge in [0, 0.05) is 5.75 Å². The third-order valence-corrected chi connectivity index (χ3v) is 5.86. The van der Waals surface area contributed by atoms with Crippen LogP contribution in [0.3, 0.4) is 0 Å². The summed E-state index contributed by atoms with van der Waals surface area (Å²) in [6.45, 7) is 4.89. The van der Waals surface area contributed by atoms with Crippen molar-refractivity contribution in [1.29, 1.82) is 5.53 Å². The Morgan fingerprint density at radius 2 is 2.10 bits per heavy atom. The Balaban J connectivity index is 1.82. The molecule has 1 aromatic rings.